The molecule has 0 radical (unpaired) electrons. The first kappa shape index (κ1) is 28.1. The quantitative estimate of drug-likeness (QED) is 0.179. The molecule has 4 heteroatoms. The molecule has 3 unspecified atom stereocenters. The Labute approximate surface area is 290 Å². The number of fused-ring (bicyclic) bond motifs is 14. The lowest BCUT2D eigenvalue weighted by atomic mass is 9.70. The van der Waals surface area contributed by atoms with Gasteiger partial charge < -0.3 is 4.42 Å². The van der Waals surface area contributed by atoms with Crippen molar-refractivity contribution in [1.29, 1.82) is 0 Å². The summed E-state index contributed by atoms with van der Waals surface area (Å²) >= 11 is 0. The second-order valence-electron chi connectivity index (χ2n) is 13.7. The summed E-state index contributed by atoms with van der Waals surface area (Å²) in [6.45, 7) is 0. The first-order valence-electron chi connectivity index (χ1n) is 17.5. The fraction of sp³-hybridized carbons (Fsp3) is 0.0870. The molecule has 3 atom stereocenters. The van der Waals surface area contributed by atoms with Crippen LogP contribution in [0.4, 0.5) is 0 Å². The number of nitrogens with one attached hydrogen (secondary N) is 3. The molecule has 3 N–H and O–H groups in total. The normalized spacial score (nSPS) is 21.6. The summed E-state index contributed by atoms with van der Waals surface area (Å²) in [6.07, 6.45) is -0.186. The molecule has 4 nitrogen and oxygen atoms in total. The van der Waals surface area contributed by atoms with E-state index in [2.05, 4.69) is 180 Å². The number of para-hydroxylation sites is 1. The number of rotatable bonds is 3. The summed E-state index contributed by atoms with van der Waals surface area (Å²) in [5, 5.41) is 14.0. The zero-order valence-corrected chi connectivity index (χ0v) is 27.2. The highest BCUT2D eigenvalue weighted by molar-refractivity contribution is 6.13. The molecule has 1 saturated heterocycles. The van der Waals surface area contributed by atoms with Gasteiger partial charge in [0.05, 0.1) is 23.9 Å². The van der Waals surface area contributed by atoms with Crippen molar-refractivity contribution >= 4 is 21.9 Å². The van der Waals surface area contributed by atoms with Crippen LogP contribution in [-0.4, -0.2) is 0 Å². The lowest BCUT2D eigenvalue weighted by Crippen LogP contribution is -2.54. The first-order chi connectivity index (χ1) is 24.8. The van der Waals surface area contributed by atoms with Gasteiger partial charge in [-0.25, -0.2) is 0 Å². The second-order valence-corrected chi connectivity index (χ2v) is 13.7. The number of benzene rings is 7. The fourth-order valence-electron chi connectivity index (χ4n) is 9.11. The van der Waals surface area contributed by atoms with E-state index >= 15 is 0 Å². The Morgan fingerprint density at radius 1 is 0.400 bits per heavy atom. The zero-order chi connectivity index (χ0) is 32.8. The molecule has 0 amide bonds. The van der Waals surface area contributed by atoms with Gasteiger partial charge >= 0.3 is 0 Å². The Morgan fingerprint density at radius 2 is 0.960 bits per heavy atom. The SMILES string of the molecule is c1ccc(C2NC(c3ccccc3)NC(c3ccc4c(c3)C3(c5ccccc5-4)c4ccccc4-c4c3ccc3c4oc4ccccc43)N2)cc1. The average molecular weight is 644 g/mol. The van der Waals surface area contributed by atoms with Gasteiger partial charge in [0.1, 0.15) is 11.2 Å². The second kappa shape index (κ2) is 10.6. The Balaban J connectivity index is 1.14. The molecule has 3 aliphatic rings. The van der Waals surface area contributed by atoms with Crippen LogP contribution in [-0.2, 0) is 5.41 Å². The molecule has 1 spiro atoms. The van der Waals surface area contributed by atoms with Crippen molar-refractivity contribution < 1.29 is 4.42 Å². The van der Waals surface area contributed by atoms with E-state index in [1.807, 2.05) is 0 Å². The highest BCUT2D eigenvalue weighted by Crippen LogP contribution is 2.64. The number of hydrogen-bond donors (Lipinski definition) is 3. The predicted octanol–water partition coefficient (Wildman–Crippen LogP) is 10.1. The summed E-state index contributed by atoms with van der Waals surface area (Å²) in [6, 6.07) is 59.5. The van der Waals surface area contributed by atoms with Crippen LogP contribution >= 0.6 is 0 Å². The molecule has 8 aromatic rings. The van der Waals surface area contributed by atoms with Gasteiger partial charge in [-0.3, -0.25) is 16.0 Å². The average Bonchev–Trinajstić information content (AvgIpc) is 3.82. The summed E-state index contributed by atoms with van der Waals surface area (Å²) in [7, 11) is 0. The minimum atomic E-state index is -0.481. The van der Waals surface area contributed by atoms with Crippen molar-refractivity contribution in [2.75, 3.05) is 0 Å². The lowest BCUT2D eigenvalue weighted by molar-refractivity contribution is 0.203. The van der Waals surface area contributed by atoms with Gasteiger partial charge in [-0.05, 0) is 61.7 Å². The Morgan fingerprint density at radius 3 is 1.68 bits per heavy atom. The molecule has 7 aromatic carbocycles. The summed E-state index contributed by atoms with van der Waals surface area (Å²) in [4.78, 5) is 0. The molecule has 50 heavy (non-hydrogen) atoms. The van der Waals surface area contributed by atoms with Gasteiger partial charge in [0.25, 0.3) is 0 Å². The zero-order valence-electron chi connectivity index (χ0n) is 27.2. The molecule has 1 aromatic heterocycles. The van der Waals surface area contributed by atoms with Crippen LogP contribution in [0.25, 0.3) is 44.2 Å². The largest absolute Gasteiger partial charge is 0.455 e. The highest BCUT2D eigenvalue weighted by Gasteiger charge is 2.52. The van der Waals surface area contributed by atoms with Crippen LogP contribution in [0.15, 0.2) is 168 Å². The molecule has 1 aliphatic heterocycles. The molecular formula is C46H33N3O. The maximum Gasteiger partial charge on any atom is 0.143 e. The van der Waals surface area contributed by atoms with E-state index in [9.17, 15) is 0 Å². The van der Waals surface area contributed by atoms with E-state index in [0.717, 1.165) is 21.9 Å². The molecule has 2 aliphatic carbocycles. The molecule has 11 rings (SSSR count). The molecule has 0 saturated carbocycles. The summed E-state index contributed by atoms with van der Waals surface area (Å²) in [5.74, 6) is 0. The Hall–Kier alpha value is -5.78. The van der Waals surface area contributed by atoms with Crippen molar-refractivity contribution in [2.24, 2.45) is 0 Å². The lowest BCUT2D eigenvalue weighted by Gasteiger charge is -2.40. The van der Waals surface area contributed by atoms with E-state index in [1.54, 1.807) is 0 Å². The first-order valence-corrected chi connectivity index (χ1v) is 17.5. The third-order valence-corrected chi connectivity index (χ3v) is 11.2. The van der Waals surface area contributed by atoms with Gasteiger partial charge in [0.2, 0.25) is 0 Å². The van der Waals surface area contributed by atoms with Crippen LogP contribution in [0.5, 0.6) is 0 Å². The summed E-state index contributed by atoms with van der Waals surface area (Å²) in [5.41, 5.74) is 15.3. The Bertz CT molecular complexity index is 2560. The topological polar surface area (TPSA) is 49.2 Å². The van der Waals surface area contributed by atoms with Crippen LogP contribution in [0.3, 0.4) is 0 Å². The van der Waals surface area contributed by atoms with E-state index in [4.69, 9.17) is 4.42 Å². The van der Waals surface area contributed by atoms with Crippen molar-refractivity contribution in [1.82, 2.24) is 16.0 Å². The highest BCUT2D eigenvalue weighted by atomic mass is 16.3. The van der Waals surface area contributed by atoms with Crippen LogP contribution in [0, 0.1) is 0 Å². The van der Waals surface area contributed by atoms with Gasteiger partial charge in [-0.1, -0.05) is 158 Å². The predicted molar refractivity (Wildman–Crippen MR) is 201 cm³/mol. The number of hydrogen-bond acceptors (Lipinski definition) is 4. The van der Waals surface area contributed by atoms with Crippen LogP contribution in [0.1, 0.15) is 57.4 Å². The molecule has 2 heterocycles. The van der Waals surface area contributed by atoms with Crippen molar-refractivity contribution in [3.63, 3.8) is 0 Å². The monoisotopic (exact) mass is 643 g/mol. The molecule has 238 valence electrons. The summed E-state index contributed by atoms with van der Waals surface area (Å²) < 4.78 is 6.73. The number of furan rings is 1. The van der Waals surface area contributed by atoms with E-state index < -0.39 is 5.41 Å². The minimum absolute atomic E-state index is 0.0404. The minimum Gasteiger partial charge on any atom is -0.455 e. The van der Waals surface area contributed by atoms with Crippen LogP contribution in [0.2, 0.25) is 0 Å². The standard InChI is InChI=1S/C46H33N3O/c1-3-13-28(14-4-1)43-47-44(29-15-5-2-6-16-29)49-45(48-43)30-23-24-32-31-17-7-10-20-36(31)46(39(32)27-30)37-21-11-8-19-35(37)41-38(46)26-25-34-33-18-9-12-22-40(33)50-42(34)41/h1-27,43-45,47-49H. The molecule has 0 bridgehead atoms. The van der Waals surface area contributed by atoms with E-state index in [-0.39, 0.29) is 18.5 Å². The molecular weight excluding hydrogens is 611 g/mol. The smallest absolute Gasteiger partial charge is 0.143 e. The third-order valence-electron chi connectivity index (χ3n) is 11.2. The van der Waals surface area contributed by atoms with Gasteiger partial charge in [-0.2, -0.15) is 0 Å². The third kappa shape index (κ3) is 3.81. The molecule has 1 fully saturated rings. The van der Waals surface area contributed by atoms with Gasteiger partial charge in [0, 0.05) is 16.3 Å². The van der Waals surface area contributed by atoms with Crippen molar-refractivity contribution in [2.45, 2.75) is 23.9 Å². The van der Waals surface area contributed by atoms with Crippen molar-refractivity contribution in [3.8, 4) is 22.3 Å². The van der Waals surface area contributed by atoms with Gasteiger partial charge in [-0.15, -0.1) is 0 Å². The van der Waals surface area contributed by atoms with Crippen LogP contribution < -0.4 is 16.0 Å². The van der Waals surface area contributed by atoms with Gasteiger partial charge in [0.15, 0.2) is 0 Å². The fourth-order valence-corrected chi connectivity index (χ4v) is 9.11. The Kier molecular flexibility index (Phi) is 5.96. The maximum absolute atomic E-state index is 6.73. The van der Waals surface area contributed by atoms with Crippen molar-refractivity contribution in [3.05, 3.63) is 203 Å². The maximum atomic E-state index is 6.73. The van der Waals surface area contributed by atoms with E-state index in [0.29, 0.717) is 0 Å². The van der Waals surface area contributed by atoms with E-state index in [1.165, 1.54) is 61.2 Å².